The largest absolute Gasteiger partial charge is 0.448 e. The number of amides is 1. The van der Waals surface area contributed by atoms with Gasteiger partial charge < -0.3 is 15.8 Å². The van der Waals surface area contributed by atoms with Crippen LogP contribution in [0.2, 0.25) is 5.02 Å². The molecule has 0 aromatic heterocycles. The Bertz CT molecular complexity index is 401. The number of nitrogens with one attached hydrogen (secondary N) is 1. The van der Waals surface area contributed by atoms with Crippen molar-refractivity contribution in [3.8, 4) is 0 Å². The smallest absolute Gasteiger partial charge is 0.404 e. The summed E-state index contributed by atoms with van der Waals surface area (Å²) in [6.45, 7) is 2.48. The van der Waals surface area contributed by atoms with E-state index in [1.54, 1.807) is 6.07 Å². The Morgan fingerprint density at radius 1 is 1.65 bits per heavy atom. The molecular weight excluding hydrogens is 247 g/mol. The minimum absolute atomic E-state index is 0.0711. The van der Waals surface area contributed by atoms with Gasteiger partial charge in [-0.05, 0) is 24.6 Å². The Morgan fingerprint density at radius 3 is 2.94 bits per heavy atom. The molecule has 1 aromatic rings. The molecule has 1 rings (SSSR count). The minimum atomic E-state index is -0.808. The van der Waals surface area contributed by atoms with Crippen LogP contribution in [-0.2, 0) is 4.74 Å². The van der Waals surface area contributed by atoms with Gasteiger partial charge >= 0.3 is 6.09 Å². The molecule has 1 amide bonds. The lowest BCUT2D eigenvalue weighted by Crippen LogP contribution is -2.26. The number of nitrogens with two attached hydrogens (primary N) is 1. The van der Waals surface area contributed by atoms with Gasteiger partial charge in [0.15, 0.2) is 0 Å². The summed E-state index contributed by atoms with van der Waals surface area (Å²) in [5.41, 5.74) is 5.57. The second-order valence-electron chi connectivity index (χ2n) is 3.52. The molecule has 4 nitrogen and oxygen atoms in total. The average Bonchev–Trinajstić information content (AvgIpc) is 2.27. The fraction of sp³-hybridized carbons (Fsp3) is 0.364. The summed E-state index contributed by atoms with van der Waals surface area (Å²) in [7, 11) is 0. The van der Waals surface area contributed by atoms with E-state index in [9.17, 15) is 9.18 Å². The maximum Gasteiger partial charge on any atom is 0.404 e. The second kappa shape index (κ2) is 6.42. The Kier molecular flexibility index (Phi) is 5.18. The standard InChI is InChI=1S/C11H14ClFN2O2/c1-7(15-4-5-17-11(14)16)8-2-3-9(12)10(13)6-8/h2-3,6-7,15H,4-5H2,1H3,(H2,14,16). The first-order chi connectivity index (χ1) is 8.00. The Morgan fingerprint density at radius 2 is 2.35 bits per heavy atom. The number of rotatable bonds is 5. The van der Waals surface area contributed by atoms with Crippen molar-refractivity contribution in [2.24, 2.45) is 5.73 Å². The van der Waals surface area contributed by atoms with Crippen LogP contribution in [0.1, 0.15) is 18.5 Å². The van der Waals surface area contributed by atoms with Gasteiger partial charge in [-0.15, -0.1) is 0 Å². The van der Waals surface area contributed by atoms with Gasteiger partial charge in [0.05, 0.1) is 5.02 Å². The molecule has 0 spiro atoms. The van der Waals surface area contributed by atoms with Gasteiger partial charge in [-0.3, -0.25) is 0 Å². The third-order valence-corrected chi connectivity index (χ3v) is 2.55. The quantitative estimate of drug-likeness (QED) is 0.798. The summed E-state index contributed by atoms with van der Waals surface area (Å²) in [5, 5.41) is 3.15. The predicted molar refractivity (Wildman–Crippen MR) is 63.4 cm³/mol. The van der Waals surface area contributed by atoms with E-state index in [0.29, 0.717) is 6.54 Å². The monoisotopic (exact) mass is 260 g/mol. The number of hydrogen-bond donors (Lipinski definition) is 2. The molecule has 0 heterocycles. The zero-order chi connectivity index (χ0) is 12.8. The summed E-state index contributed by atoms with van der Waals surface area (Å²) in [4.78, 5) is 10.3. The molecule has 1 atom stereocenters. The predicted octanol–water partition coefficient (Wildman–Crippen LogP) is 2.23. The number of benzene rings is 1. The molecule has 0 saturated heterocycles. The van der Waals surface area contributed by atoms with Crippen LogP contribution < -0.4 is 11.1 Å². The first kappa shape index (κ1) is 13.7. The molecule has 0 aliphatic carbocycles. The number of carbonyl (C=O) groups excluding carboxylic acids is 1. The van der Waals surface area contributed by atoms with E-state index in [2.05, 4.69) is 10.1 Å². The molecule has 3 N–H and O–H groups in total. The minimum Gasteiger partial charge on any atom is -0.448 e. The zero-order valence-corrected chi connectivity index (χ0v) is 10.1. The van der Waals surface area contributed by atoms with Crippen molar-refractivity contribution < 1.29 is 13.9 Å². The maximum atomic E-state index is 13.2. The molecule has 1 unspecified atom stereocenters. The van der Waals surface area contributed by atoms with Crippen LogP contribution in [0.25, 0.3) is 0 Å². The van der Waals surface area contributed by atoms with Gasteiger partial charge in [0, 0.05) is 12.6 Å². The topological polar surface area (TPSA) is 64.3 Å². The van der Waals surface area contributed by atoms with E-state index in [0.717, 1.165) is 5.56 Å². The number of hydrogen-bond acceptors (Lipinski definition) is 3. The summed E-state index contributed by atoms with van der Waals surface area (Å²) in [5.74, 6) is -0.453. The van der Waals surface area contributed by atoms with Gasteiger partial charge in [0.2, 0.25) is 0 Å². The number of primary amides is 1. The first-order valence-electron chi connectivity index (χ1n) is 5.11. The molecule has 0 saturated carbocycles. The highest BCUT2D eigenvalue weighted by Crippen LogP contribution is 2.19. The molecule has 0 radical (unpaired) electrons. The lowest BCUT2D eigenvalue weighted by atomic mass is 10.1. The maximum absolute atomic E-state index is 13.2. The Labute approximate surface area is 104 Å². The van der Waals surface area contributed by atoms with Crippen LogP contribution in [-0.4, -0.2) is 19.2 Å². The lowest BCUT2D eigenvalue weighted by Gasteiger charge is -2.14. The van der Waals surface area contributed by atoms with Crippen molar-refractivity contribution in [2.45, 2.75) is 13.0 Å². The lowest BCUT2D eigenvalue weighted by molar-refractivity contribution is 0.156. The summed E-state index contributed by atoms with van der Waals surface area (Å²) < 4.78 is 17.7. The van der Waals surface area contributed by atoms with Gasteiger partial charge in [-0.25, -0.2) is 9.18 Å². The SMILES string of the molecule is CC(NCCOC(N)=O)c1ccc(Cl)c(F)c1. The normalized spacial score (nSPS) is 12.2. The number of ether oxygens (including phenoxy) is 1. The molecule has 0 fully saturated rings. The molecule has 94 valence electrons. The van der Waals surface area contributed by atoms with Gasteiger partial charge in [-0.1, -0.05) is 17.7 Å². The van der Waals surface area contributed by atoms with E-state index in [1.807, 2.05) is 6.92 Å². The third kappa shape index (κ3) is 4.58. The fourth-order valence-electron chi connectivity index (χ4n) is 1.33. The Balaban J connectivity index is 2.44. The van der Waals surface area contributed by atoms with E-state index in [4.69, 9.17) is 17.3 Å². The highest BCUT2D eigenvalue weighted by atomic mass is 35.5. The molecule has 6 heteroatoms. The summed E-state index contributed by atoms with van der Waals surface area (Å²) in [6.07, 6.45) is -0.808. The molecule has 0 aliphatic heterocycles. The first-order valence-corrected chi connectivity index (χ1v) is 5.49. The Hall–Kier alpha value is -1.33. The van der Waals surface area contributed by atoms with E-state index < -0.39 is 11.9 Å². The second-order valence-corrected chi connectivity index (χ2v) is 3.92. The third-order valence-electron chi connectivity index (χ3n) is 2.24. The van der Waals surface area contributed by atoms with Crippen molar-refractivity contribution in [1.82, 2.24) is 5.32 Å². The zero-order valence-electron chi connectivity index (χ0n) is 9.37. The average molecular weight is 261 g/mol. The molecule has 1 aromatic carbocycles. The molecule has 0 aliphatic rings. The van der Waals surface area contributed by atoms with Crippen LogP contribution in [0.5, 0.6) is 0 Å². The number of carbonyl (C=O) groups is 1. The molecule has 17 heavy (non-hydrogen) atoms. The van der Waals surface area contributed by atoms with E-state index in [-0.39, 0.29) is 17.7 Å². The highest BCUT2D eigenvalue weighted by molar-refractivity contribution is 6.30. The molecule has 0 bridgehead atoms. The number of halogens is 2. The van der Waals surface area contributed by atoms with Crippen molar-refractivity contribution in [3.05, 3.63) is 34.6 Å². The van der Waals surface area contributed by atoms with Crippen LogP contribution in [0, 0.1) is 5.82 Å². The summed E-state index contributed by atoms with van der Waals surface area (Å²) >= 11 is 5.58. The van der Waals surface area contributed by atoms with Gasteiger partial charge in [0.25, 0.3) is 0 Å². The van der Waals surface area contributed by atoms with Crippen LogP contribution in [0.15, 0.2) is 18.2 Å². The van der Waals surface area contributed by atoms with Crippen molar-refractivity contribution in [2.75, 3.05) is 13.2 Å². The van der Waals surface area contributed by atoms with Crippen molar-refractivity contribution in [1.29, 1.82) is 0 Å². The summed E-state index contributed by atoms with van der Waals surface area (Å²) in [6, 6.07) is 4.54. The van der Waals surface area contributed by atoms with Crippen molar-refractivity contribution >= 4 is 17.7 Å². The van der Waals surface area contributed by atoms with E-state index in [1.165, 1.54) is 12.1 Å². The van der Waals surface area contributed by atoms with Crippen LogP contribution in [0.3, 0.4) is 0 Å². The van der Waals surface area contributed by atoms with Crippen LogP contribution >= 0.6 is 11.6 Å². The van der Waals surface area contributed by atoms with Crippen molar-refractivity contribution in [3.63, 3.8) is 0 Å². The fourth-order valence-corrected chi connectivity index (χ4v) is 1.44. The van der Waals surface area contributed by atoms with Gasteiger partial charge in [-0.2, -0.15) is 0 Å². The van der Waals surface area contributed by atoms with Crippen LogP contribution in [0.4, 0.5) is 9.18 Å². The molecular formula is C11H14ClFN2O2. The highest BCUT2D eigenvalue weighted by Gasteiger charge is 2.07. The van der Waals surface area contributed by atoms with E-state index >= 15 is 0 Å². The van der Waals surface area contributed by atoms with Gasteiger partial charge in [0.1, 0.15) is 12.4 Å².